The molecule has 1 aromatic heterocycles. The maximum atomic E-state index is 12.4. The predicted octanol–water partition coefficient (Wildman–Crippen LogP) is 1.84. The van der Waals surface area contributed by atoms with E-state index in [2.05, 4.69) is 11.8 Å². The molecule has 1 rings (SSSR count). The number of aliphatic hydroxyl groups is 2. The molecule has 20 heavy (non-hydrogen) atoms. The fourth-order valence-corrected chi connectivity index (χ4v) is 2.44. The van der Waals surface area contributed by atoms with Crippen molar-refractivity contribution in [1.82, 2.24) is 4.90 Å². The minimum atomic E-state index is -4.28. The number of alkyl halides is 3. The number of nitrogens with zero attached hydrogens (tertiary/aromatic N) is 1. The SMILES string of the molecule is OCCC#Cc1csc(CN(CCO)CC(F)(F)F)c1. The van der Waals surface area contributed by atoms with E-state index < -0.39 is 12.7 Å². The van der Waals surface area contributed by atoms with Crippen LogP contribution in [0.4, 0.5) is 13.2 Å². The molecule has 2 N–H and O–H groups in total. The first-order valence-corrected chi connectivity index (χ1v) is 6.89. The van der Waals surface area contributed by atoms with Gasteiger partial charge in [-0.15, -0.1) is 11.3 Å². The Hall–Kier alpha value is -1.07. The molecule has 0 saturated carbocycles. The number of thiophene rings is 1. The van der Waals surface area contributed by atoms with E-state index in [-0.39, 0.29) is 26.3 Å². The molecule has 0 atom stereocenters. The van der Waals surface area contributed by atoms with Gasteiger partial charge in [-0.1, -0.05) is 11.8 Å². The first kappa shape index (κ1) is 17.0. The summed E-state index contributed by atoms with van der Waals surface area (Å²) in [5.74, 6) is 5.58. The van der Waals surface area contributed by atoms with E-state index >= 15 is 0 Å². The summed E-state index contributed by atoms with van der Waals surface area (Å²) in [7, 11) is 0. The zero-order valence-corrected chi connectivity index (χ0v) is 11.6. The number of hydrogen-bond acceptors (Lipinski definition) is 4. The van der Waals surface area contributed by atoms with Gasteiger partial charge in [0.15, 0.2) is 0 Å². The lowest BCUT2D eigenvalue weighted by atomic mass is 10.3. The third-order valence-electron chi connectivity index (χ3n) is 2.32. The summed E-state index contributed by atoms with van der Waals surface area (Å²) in [4.78, 5) is 1.91. The molecule has 0 amide bonds. The minimum absolute atomic E-state index is 0.0140. The average Bonchev–Trinajstić information content (AvgIpc) is 2.75. The number of aliphatic hydroxyl groups excluding tert-OH is 2. The third kappa shape index (κ3) is 6.91. The van der Waals surface area contributed by atoms with E-state index in [1.54, 1.807) is 11.4 Å². The summed E-state index contributed by atoms with van der Waals surface area (Å²) in [6.45, 7) is -1.27. The highest BCUT2D eigenvalue weighted by molar-refractivity contribution is 7.10. The van der Waals surface area contributed by atoms with E-state index in [0.29, 0.717) is 6.42 Å². The highest BCUT2D eigenvalue weighted by atomic mass is 32.1. The van der Waals surface area contributed by atoms with Crippen molar-refractivity contribution in [2.75, 3.05) is 26.3 Å². The molecule has 3 nitrogen and oxygen atoms in total. The number of rotatable bonds is 6. The molecule has 0 radical (unpaired) electrons. The van der Waals surface area contributed by atoms with Crippen LogP contribution in [0, 0.1) is 11.8 Å². The Labute approximate surface area is 119 Å². The van der Waals surface area contributed by atoms with Crippen molar-refractivity contribution >= 4 is 11.3 Å². The van der Waals surface area contributed by atoms with Crippen LogP contribution in [0.5, 0.6) is 0 Å². The lowest BCUT2D eigenvalue weighted by molar-refractivity contribution is -0.147. The van der Waals surface area contributed by atoms with Gasteiger partial charge < -0.3 is 10.2 Å². The van der Waals surface area contributed by atoms with Gasteiger partial charge in [-0.25, -0.2) is 0 Å². The molecule has 1 aromatic rings. The second-order valence-electron chi connectivity index (χ2n) is 4.13. The molecule has 0 aliphatic carbocycles. The van der Waals surface area contributed by atoms with Gasteiger partial charge in [0.25, 0.3) is 0 Å². The first-order valence-electron chi connectivity index (χ1n) is 6.01. The Morgan fingerprint density at radius 1 is 1.25 bits per heavy atom. The topological polar surface area (TPSA) is 43.7 Å². The fraction of sp³-hybridized carbons (Fsp3) is 0.538. The molecule has 0 bridgehead atoms. The van der Waals surface area contributed by atoms with Gasteiger partial charge in [-0.2, -0.15) is 13.2 Å². The largest absolute Gasteiger partial charge is 0.401 e. The molecular formula is C13H16F3NO2S. The smallest absolute Gasteiger partial charge is 0.395 e. The molecule has 0 fully saturated rings. The quantitative estimate of drug-likeness (QED) is 0.788. The highest BCUT2D eigenvalue weighted by Gasteiger charge is 2.30. The summed E-state index contributed by atoms with van der Waals surface area (Å²) >= 11 is 1.33. The summed E-state index contributed by atoms with van der Waals surface area (Å²) in [6, 6.07) is 1.73. The van der Waals surface area contributed by atoms with Crippen molar-refractivity contribution in [2.45, 2.75) is 19.1 Å². The highest BCUT2D eigenvalue weighted by Crippen LogP contribution is 2.20. The summed E-state index contributed by atoms with van der Waals surface area (Å²) in [6.07, 6.45) is -3.91. The van der Waals surface area contributed by atoms with Crippen LogP contribution in [0.3, 0.4) is 0 Å². The van der Waals surface area contributed by atoms with Crippen LogP contribution in [0.15, 0.2) is 11.4 Å². The van der Waals surface area contributed by atoms with Crippen molar-refractivity contribution in [3.8, 4) is 11.8 Å². The Bertz CT molecular complexity index is 462. The van der Waals surface area contributed by atoms with Gasteiger partial charge in [0.05, 0.1) is 19.8 Å². The van der Waals surface area contributed by atoms with Crippen LogP contribution < -0.4 is 0 Å². The van der Waals surface area contributed by atoms with Gasteiger partial charge in [-0.3, -0.25) is 4.90 Å². The van der Waals surface area contributed by atoms with Crippen LogP contribution >= 0.6 is 11.3 Å². The van der Waals surface area contributed by atoms with E-state index in [0.717, 1.165) is 15.3 Å². The van der Waals surface area contributed by atoms with Crippen LogP contribution in [-0.4, -0.2) is 47.6 Å². The van der Waals surface area contributed by atoms with E-state index in [1.165, 1.54) is 11.3 Å². The van der Waals surface area contributed by atoms with Crippen LogP contribution in [0.2, 0.25) is 0 Å². The Morgan fingerprint density at radius 2 is 2.00 bits per heavy atom. The van der Waals surface area contributed by atoms with Gasteiger partial charge in [0.2, 0.25) is 0 Å². The van der Waals surface area contributed by atoms with Gasteiger partial charge in [0, 0.05) is 35.3 Å². The van der Waals surface area contributed by atoms with Crippen molar-refractivity contribution in [1.29, 1.82) is 0 Å². The van der Waals surface area contributed by atoms with Gasteiger partial charge in [-0.05, 0) is 6.07 Å². The molecule has 112 valence electrons. The predicted molar refractivity (Wildman–Crippen MR) is 71.3 cm³/mol. The van der Waals surface area contributed by atoms with Crippen LogP contribution in [-0.2, 0) is 6.54 Å². The normalized spacial score (nSPS) is 11.5. The van der Waals surface area contributed by atoms with Gasteiger partial charge in [0.1, 0.15) is 0 Å². The van der Waals surface area contributed by atoms with Crippen LogP contribution in [0.25, 0.3) is 0 Å². The number of halogens is 3. The maximum Gasteiger partial charge on any atom is 0.401 e. The zero-order chi connectivity index (χ0) is 15.0. The standard InChI is InChI=1S/C13H16F3NO2S/c14-13(15,16)10-17(4-6-19)8-12-7-11(9-20-12)3-1-2-5-18/h7,9,18-19H,2,4-6,8,10H2. The lowest BCUT2D eigenvalue weighted by Gasteiger charge is -2.21. The van der Waals surface area contributed by atoms with Gasteiger partial charge >= 0.3 is 6.18 Å². The molecule has 0 aliphatic heterocycles. The summed E-state index contributed by atoms with van der Waals surface area (Å²) in [5, 5.41) is 19.2. The maximum absolute atomic E-state index is 12.4. The molecule has 0 saturated heterocycles. The van der Waals surface area contributed by atoms with Crippen molar-refractivity contribution in [3.63, 3.8) is 0 Å². The van der Waals surface area contributed by atoms with E-state index in [9.17, 15) is 13.2 Å². The Balaban J connectivity index is 2.63. The number of hydrogen-bond donors (Lipinski definition) is 2. The molecule has 0 unspecified atom stereocenters. The molecule has 0 spiro atoms. The monoisotopic (exact) mass is 307 g/mol. The van der Waals surface area contributed by atoms with Crippen LogP contribution in [0.1, 0.15) is 16.9 Å². The molecule has 0 aromatic carbocycles. The first-order chi connectivity index (χ1) is 9.44. The molecule has 7 heteroatoms. The van der Waals surface area contributed by atoms with Crippen molar-refractivity contribution in [2.24, 2.45) is 0 Å². The lowest BCUT2D eigenvalue weighted by Crippen LogP contribution is -2.35. The molecule has 1 heterocycles. The zero-order valence-electron chi connectivity index (χ0n) is 10.8. The summed E-state index contributed by atoms with van der Waals surface area (Å²) < 4.78 is 37.1. The van der Waals surface area contributed by atoms with Crippen molar-refractivity contribution in [3.05, 3.63) is 21.9 Å². The molecule has 0 aliphatic rings. The second kappa shape index (κ2) is 8.27. The van der Waals surface area contributed by atoms with Crippen molar-refractivity contribution < 1.29 is 23.4 Å². The fourth-order valence-electron chi connectivity index (χ4n) is 1.58. The molecular weight excluding hydrogens is 291 g/mol. The average molecular weight is 307 g/mol. The van der Waals surface area contributed by atoms with E-state index in [4.69, 9.17) is 10.2 Å². The second-order valence-corrected chi connectivity index (χ2v) is 5.12. The third-order valence-corrected chi connectivity index (χ3v) is 3.24. The Morgan fingerprint density at radius 3 is 2.60 bits per heavy atom. The Kier molecular flexibility index (Phi) is 7.02. The minimum Gasteiger partial charge on any atom is -0.395 e. The summed E-state index contributed by atoms with van der Waals surface area (Å²) in [5.41, 5.74) is 0.731. The van der Waals surface area contributed by atoms with E-state index in [1.807, 2.05) is 0 Å².